The van der Waals surface area contributed by atoms with E-state index in [4.69, 9.17) is 18.6 Å². The van der Waals surface area contributed by atoms with Gasteiger partial charge >= 0.3 is 12.1 Å². The van der Waals surface area contributed by atoms with Crippen LogP contribution in [0.3, 0.4) is 0 Å². The molecule has 0 aliphatic carbocycles. The van der Waals surface area contributed by atoms with Gasteiger partial charge in [0, 0.05) is 12.4 Å². The van der Waals surface area contributed by atoms with Gasteiger partial charge in [0.1, 0.15) is 28.8 Å². The average Bonchev–Trinajstić information content (AvgIpc) is 2.98. The van der Waals surface area contributed by atoms with E-state index in [1.165, 1.54) is 7.11 Å². The molecule has 1 aliphatic heterocycles. The molecule has 0 unspecified atom stereocenters. The molecule has 46 heavy (non-hydrogen) atoms. The molecule has 9 nitrogen and oxygen atoms in total. The van der Waals surface area contributed by atoms with Crippen molar-refractivity contribution >= 4 is 20.4 Å². The SMILES string of the molecule is COC(=O)c1ccc(-c2ccc3c(c2)CC[C@@H](CN(C[C@H](O[Si](C)(C)C(C)(C)C)c2cccnc2)C(=O)OC(C)(C)C)O3)cc1O. The lowest BCUT2D eigenvalue weighted by molar-refractivity contribution is 0.00490. The minimum absolute atomic E-state index is 0.0264. The summed E-state index contributed by atoms with van der Waals surface area (Å²) in [5, 5.41) is 10.4. The van der Waals surface area contributed by atoms with Crippen molar-refractivity contribution in [1.29, 1.82) is 0 Å². The Morgan fingerprint density at radius 1 is 1.07 bits per heavy atom. The van der Waals surface area contributed by atoms with Crippen molar-refractivity contribution in [1.82, 2.24) is 9.88 Å². The van der Waals surface area contributed by atoms with Gasteiger partial charge in [0.25, 0.3) is 0 Å². The number of pyridine rings is 1. The van der Waals surface area contributed by atoms with Gasteiger partial charge in [-0.15, -0.1) is 0 Å². The Morgan fingerprint density at radius 2 is 1.76 bits per heavy atom. The van der Waals surface area contributed by atoms with E-state index < -0.39 is 26.0 Å². The van der Waals surface area contributed by atoms with Crippen molar-refractivity contribution in [2.75, 3.05) is 20.2 Å². The van der Waals surface area contributed by atoms with Gasteiger partial charge in [0.15, 0.2) is 8.32 Å². The van der Waals surface area contributed by atoms with E-state index in [-0.39, 0.29) is 28.6 Å². The van der Waals surface area contributed by atoms with Gasteiger partial charge in [0.2, 0.25) is 0 Å². The molecule has 0 bridgehead atoms. The van der Waals surface area contributed by atoms with Crippen LogP contribution in [-0.2, 0) is 20.3 Å². The zero-order chi connectivity index (χ0) is 33.9. The van der Waals surface area contributed by atoms with Crippen LogP contribution in [0.1, 0.15) is 75.6 Å². The highest BCUT2D eigenvalue weighted by Gasteiger charge is 2.41. The van der Waals surface area contributed by atoms with Gasteiger partial charge in [0.05, 0.1) is 26.3 Å². The summed E-state index contributed by atoms with van der Waals surface area (Å²) in [5.41, 5.74) is 3.06. The summed E-state index contributed by atoms with van der Waals surface area (Å²) < 4.78 is 24.0. The highest BCUT2D eigenvalue weighted by molar-refractivity contribution is 6.74. The first-order valence-corrected chi connectivity index (χ1v) is 18.6. The summed E-state index contributed by atoms with van der Waals surface area (Å²) in [4.78, 5) is 31.6. The molecule has 0 radical (unpaired) electrons. The van der Waals surface area contributed by atoms with Crippen LogP contribution >= 0.6 is 0 Å². The van der Waals surface area contributed by atoms with Gasteiger partial charge in [-0.1, -0.05) is 39.0 Å². The zero-order valence-electron chi connectivity index (χ0n) is 28.5. The fourth-order valence-corrected chi connectivity index (χ4v) is 6.33. The molecule has 248 valence electrons. The van der Waals surface area contributed by atoms with Crippen LogP contribution in [-0.4, -0.2) is 67.3 Å². The number of carbonyl (C=O) groups is 2. The van der Waals surface area contributed by atoms with Crippen molar-refractivity contribution < 1.29 is 33.3 Å². The smallest absolute Gasteiger partial charge is 0.410 e. The highest BCUT2D eigenvalue weighted by atomic mass is 28.4. The van der Waals surface area contributed by atoms with E-state index >= 15 is 0 Å². The number of esters is 1. The number of amides is 1. The standard InChI is InChI=1S/C36H48N2O7Si/c1-35(2,3)44-34(41)38(23-32(27-11-10-18-37-21-27)45-46(8,9)36(4,5)6)22-28-15-12-26-19-24(14-17-31(26)43-28)25-13-16-29(30(39)20-25)33(40)42-7/h10-11,13-14,16-21,28,32,39H,12,15,22-23H2,1-9H3/t28-,32-/m0/s1. The molecule has 0 spiro atoms. The zero-order valence-corrected chi connectivity index (χ0v) is 29.5. The number of hydrogen-bond donors (Lipinski definition) is 1. The number of nitrogens with zero attached hydrogens (tertiary/aromatic N) is 2. The van der Waals surface area contributed by atoms with Gasteiger partial charge in [-0.3, -0.25) is 4.98 Å². The van der Waals surface area contributed by atoms with Crippen LogP contribution in [0, 0.1) is 0 Å². The molecular weight excluding hydrogens is 600 g/mol. The Hall–Kier alpha value is -3.89. The first-order chi connectivity index (χ1) is 21.5. The number of carbonyl (C=O) groups excluding carboxylic acids is 2. The van der Waals surface area contributed by atoms with E-state index in [1.54, 1.807) is 35.5 Å². The quantitative estimate of drug-likeness (QED) is 0.184. The van der Waals surface area contributed by atoms with Crippen LogP contribution < -0.4 is 4.74 Å². The number of phenols is 1. The monoisotopic (exact) mass is 648 g/mol. The number of aromatic hydroxyl groups is 1. The molecule has 4 rings (SSSR count). The Balaban J connectivity index is 1.56. The summed E-state index contributed by atoms with van der Waals surface area (Å²) in [6.45, 7) is 17.2. The lowest BCUT2D eigenvalue weighted by atomic mass is 9.96. The number of ether oxygens (including phenoxy) is 3. The van der Waals surface area contributed by atoms with Crippen molar-refractivity contribution in [3.63, 3.8) is 0 Å². The summed E-state index contributed by atoms with van der Waals surface area (Å²) in [7, 11) is -0.944. The maximum absolute atomic E-state index is 13.7. The number of methoxy groups -OCH3 is 1. The highest BCUT2D eigenvalue weighted by Crippen LogP contribution is 2.40. The second-order valence-electron chi connectivity index (χ2n) is 14.4. The molecule has 10 heteroatoms. The molecular formula is C36H48N2O7Si. The third kappa shape index (κ3) is 8.67. The van der Waals surface area contributed by atoms with Crippen LogP contribution in [0.2, 0.25) is 18.1 Å². The maximum atomic E-state index is 13.7. The maximum Gasteiger partial charge on any atom is 0.410 e. The van der Waals surface area contributed by atoms with Gasteiger partial charge in [-0.2, -0.15) is 0 Å². The number of aryl methyl sites for hydroxylation is 1. The van der Waals surface area contributed by atoms with Crippen LogP contribution in [0.25, 0.3) is 11.1 Å². The van der Waals surface area contributed by atoms with E-state index in [1.807, 2.05) is 51.1 Å². The lowest BCUT2D eigenvalue weighted by Crippen LogP contribution is -2.48. The second kappa shape index (κ2) is 13.8. The predicted octanol–water partition coefficient (Wildman–Crippen LogP) is 7.93. The number of benzene rings is 2. The normalized spacial score (nSPS) is 15.7. The van der Waals surface area contributed by atoms with Crippen LogP contribution in [0.4, 0.5) is 4.79 Å². The Kier molecular flexibility index (Phi) is 10.5. The van der Waals surface area contributed by atoms with Crippen molar-refractivity contribution in [3.05, 3.63) is 77.6 Å². The van der Waals surface area contributed by atoms with Crippen molar-refractivity contribution in [2.45, 2.75) is 90.3 Å². The number of rotatable bonds is 9. The summed E-state index contributed by atoms with van der Waals surface area (Å²) in [6, 6.07) is 14.7. The van der Waals surface area contributed by atoms with E-state index in [9.17, 15) is 14.7 Å². The second-order valence-corrected chi connectivity index (χ2v) is 19.1. The molecule has 2 aromatic carbocycles. The van der Waals surface area contributed by atoms with Crippen LogP contribution in [0.5, 0.6) is 11.5 Å². The van der Waals surface area contributed by atoms with Crippen LogP contribution in [0.15, 0.2) is 60.9 Å². The summed E-state index contributed by atoms with van der Waals surface area (Å²) in [5.74, 6) is 0.0243. The van der Waals surface area contributed by atoms with E-state index in [2.05, 4.69) is 38.8 Å². The Labute approximate surface area is 274 Å². The minimum Gasteiger partial charge on any atom is -0.507 e. The van der Waals surface area contributed by atoms with E-state index in [0.717, 1.165) is 34.4 Å². The Morgan fingerprint density at radius 3 is 2.37 bits per heavy atom. The molecule has 0 saturated carbocycles. The minimum atomic E-state index is -2.22. The molecule has 1 aliphatic rings. The fourth-order valence-electron chi connectivity index (χ4n) is 5.05. The number of aromatic nitrogens is 1. The van der Waals surface area contributed by atoms with Crippen molar-refractivity contribution in [2.24, 2.45) is 0 Å². The summed E-state index contributed by atoms with van der Waals surface area (Å²) >= 11 is 0. The summed E-state index contributed by atoms with van der Waals surface area (Å²) in [6.07, 6.45) is 3.92. The predicted molar refractivity (Wildman–Crippen MR) is 181 cm³/mol. The molecule has 2 heterocycles. The average molecular weight is 649 g/mol. The number of hydrogen-bond acceptors (Lipinski definition) is 8. The van der Waals surface area contributed by atoms with Gasteiger partial charge in [-0.05, 0) is 104 Å². The molecule has 3 aromatic rings. The van der Waals surface area contributed by atoms with Gasteiger partial charge in [-0.25, -0.2) is 9.59 Å². The third-order valence-corrected chi connectivity index (χ3v) is 13.1. The van der Waals surface area contributed by atoms with E-state index in [0.29, 0.717) is 19.5 Å². The number of fused-ring (bicyclic) bond motifs is 1. The van der Waals surface area contributed by atoms with Crippen molar-refractivity contribution in [3.8, 4) is 22.6 Å². The molecule has 1 aromatic heterocycles. The number of phenolic OH excluding ortho intramolecular Hbond substituents is 1. The molecule has 2 atom stereocenters. The molecule has 0 saturated heterocycles. The molecule has 1 N–H and O–H groups in total. The molecule has 1 amide bonds. The first-order valence-electron chi connectivity index (χ1n) is 15.7. The largest absolute Gasteiger partial charge is 0.507 e. The van der Waals surface area contributed by atoms with Gasteiger partial charge < -0.3 is 28.6 Å². The topological polar surface area (TPSA) is 107 Å². The molecule has 0 fully saturated rings. The lowest BCUT2D eigenvalue weighted by Gasteiger charge is -2.41. The first kappa shape index (κ1) is 35.0. The fraction of sp³-hybridized carbons (Fsp3) is 0.472. The Bertz CT molecular complexity index is 1530. The third-order valence-electron chi connectivity index (χ3n) is 8.59.